The number of rotatable bonds is 5. The number of H-pyrrole nitrogens is 1. The Hall–Kier alpha value is -1.53. The lowest BCUT2D eigenvalue weighted by Gasteiger charge is -2.24. The van der Waals surface area contributed by atoms with Gasteiger partial charge < -0.3 is 15.5 Å². The number of imidazole rings is 1. The lowest BCUT2D eigenvalue weighted by atomic mass is 9.98. The molecule has 0 bridgehead atoms. The smallest absolute Gasteiger partial charge is 0.325 e. The summed E-state index contributed by atoms with van der Waals surface area (Å²) in [5.74, 6) is -0.394. The average molecular weight is 293 g/mol. The number of hydrogen-bond donors (Lipinski definition) is 2. The molecule has 2 atom stereocenters. The van der Waals surface area contributed by atoms with Crippen LogP contribution in [0, 0.1) is 0 Å². The maximum Gasteiger partial charge on any atom is 0.325 e. The molecule has 2 rings (SSSR count). The van der Waals surface area contributed by atoms with Gasteiger partial charge >= 0.3 is 5.97 Å². The first-order chi connectivity index (χ1) is 9.42. The van der Waals surface area contributed by atoms with Gasteiger partial charge in [-0.25, -0.2) is 4.98 Å². The molecule has 0 saturated heterocycles. The van der Waals surface area contributed by atoms with Crippen molar-refractivity contribution in [3.8, 4) is 0 Å². The Balaban J connectivity index is 2.04. The third kappa shape index (κ3) is 3.32. The molecule has 5 nitrogen and oxygen atoms in total. The zero-order valence-electron chi connectivity index (χ0n) is 11.8. The highest BCUT2D eigenvalue weighted by molar-refractivity contribution is 7.99. The zero-order chi connectivity index (χ0) is 14.8. The summed E-state index contributed by atoms with van der Waals surface area (Å²) in [6.45, 7) is 3.71. The van der Waals surface area contributed by atoms with Gasteiger partial charge in [-0.05, 0) is 25.5 Å². The molecule has 108 valence electrons. The van der Waals surface area contributed by atoms with Crippen LogP contribution in [0.5, 0.6) is 0 Å². The van der Waals surface area contributed by atoms with Gasteiger partial charge in [-0.1, -0.05) is 30.8 Å². The zero-order valence-corrected chi connectivity index (χ0v) is 12.7. The Kier molecular flexibility index (Phi) is 4.35. The molecule has 0 aliphatic heterocycles. The summed E-state index contributed by atoms with van der Waals surface area (Å²) in [5, 5.41) is 0.976. The number of carbonyl (C=O) groups is 1. The van der Waals surface area contributed by atoms with E-state index in [2.05, 4.69) is 9.97 Å². The fraction of sp³-hybridized carbons (Fsp3) is 0.429. The largest absolute Gasteiger partial charge is 0.468 e. The molecule has 3 N–H and O–H groups in total. The Labute approximate surface area is 122 Å². The van der Waals surface area contributed by atoms with E-state index in [4.69, 9.17) is 10.5 Å². The van der Waals surface area contributed by atoms with Crippen LogP contribution in [0.3, 0.4) is 0 Å². The molecule has 0 aliphatic carbocycles. The fourth-order valence-corrected chi connectivity index (χ4v) is 3.26. The Morgan fingerprint density at radius 2 is 2.25 bits per heavy atom. The standard InChI is InChI=1S/C14H19N3O2S/c1-9(8-14(2,15)12(18)19-3)20-13-16-10-6-4-5-7-11(10)17-13/h4-7,9H,8,15H2,1-3H3,(H,16,17). The molecule has 2 unspecified atom stereocenters. The normalized spacial score (nSPS) is 15.8. The van der Waals surface area contributed by atoms with Crippen molar-refractivity contribution in [2.75, 3.05) is 7.11 Å². The highest BCUT2D eigenvalue weighted by Crippen LogP contribution is 2.28. The van der Waals surface area contributed by atoms with Gasteiger partial charge in [-0.2, -0.15) is 0 Å². The molecular weight excluding hydrogens is 274 g/mol. The summed E-state index contributed by atoms with van der Waals surface area (Å²) >= 11 is 1.57. The van der Waals surface area contributed by atoms with E-state index in [9.17, 15) is 4.79 Å². The number of aromatic amines is 1. The SMILES string of the molecule is COC(=O)C(C)(N)CC(C)Sc1nc2ccccc2[nH]1. The number of ether oxygens (including phenoxy) is 1. The van der Waals surface area contributed by atoms with E-state index < -0.39 is 11.5 Å². The molecule has 0 aliphatic rings. The van der Waals surface area contributed by atoms with Crippen molar-refractivity contribution in [3.05, 3.63) is 24.3 Å². The van der Waals surface area contributed by atoms with Crippen LogP contribution in [-0.4, -0.2) is 33.8 Å². The Morgan fingerprint density at radius 3 is 2.90 bits per heavy atom. The summed E-state index contributed by atoms with van der Waals surface area (Å²) in [6.07, 6.45) is 0.515. The summed E-state index contributed by atoms with van der Waals surface area (Å²) in [5.41, 5.74) is 6.94. The van der Waals surface area contributed by atoms with Gasteiger partial charge in [0.15, 0.2) is 5.16 Å². The van der Waals surface area contributed by atoms with Crippen LogP contribution >= 0.6 is 11.8 Å². The van der Waals surface area contributed by atoms with E-state index in [-0.39, 0.29) is 5.25 Å². The van der Waals surface area contributed by atoms with Gasteiger partial charge in [0, 0.05) is 5.25 Å². The molecule has 1 aromatic carbocycles. The van der Waals surface area contributed by atoms with Gasteiger partial charge in [-0.3, -0.25) is 4.79 Å². The summed E-state index contributed by atoms with van der Waals surface area (Å²) in [4.78, 5) is 19.3. The van der Waals surface area contributed by atoms with E-state index >= 15 is 0 Å². The number of methoxy groups -OCH3 is 1. The van der Waals surface area contributed by atoms with Crippen LogP contribution in [0.25, 0.3) is 11.0 Å². The lowest BCUT2D eigenvalue weighted by molar-refractivity contribution is -0.146. The molecule has 0 spiro atoms. The highest BCUT2D eigenvalue weighted by atomic mass is 32.2. The number of benzene rings is 1. The third-order valence-corrected chi connectivity index (χ3v) is 4.03. The fourth-order valence-electron chi connectivity index (χ4n) is 2.13. The van der Waals surface area contributed by atoms with Crippen LogP contribution in [0.15, 0.2) is 29.4 Å². The second-order valence-corrected chi connectivity index (χ2v) is 6.53. The quantitative estimate of drug-likeness (QED) is 0.653. The number of fused-ring (bicyclic) bond motifs is 1. The highest BCUT2D eigenvalue weighted by Gasteiger charge is 2.31. The molecule has 20 heavy (non-hydrogen) atoms. The summed E-state index contributed by atoms with van der Waals surface area (Å²) in [6, 6.07) is 7.86. The van der Waals surface area contributed by atoms with Gasteiger partial charge in [0.25, 0.3) is 0 Å². The van der Waals surface area contributed by atoms with Crippen LogP contribution in [0.2, 0.25) is 0 Å². The molecule has 0 fully saturated rings. The monoisotopic (exact) mass is 293 g/mol. The number of thioether (sulfide) groups is 1. The van der Waals surface area contributed by atoms with Gasteiger partial charge in [0.05, 0.1) is 18.1 Å². The number of carbonyl (C=O) groups excluding carboxylic acids is 1. The maximum absolute atomic E-state index is 11.6. The third-order valence-electron chi connectivity index (χ3n) is 3.04. The summed E-state index contributed by atoms with van der Waals surface area (Å²) < 4.78 is 4.72. The van der Waals surface area contributed by atoms with Crippen molar-refractivity contribution >= 4 is 28.8 Å². The van der Waals surface area contributed by atoms with Crippen LogP contribution in [0.1, 0.15) is 20.3 Å². The topological polar surface area (TPSA) is 81.0 Å². The number of nitrogens with zero attached hydrogens (tertiary/aromatic N) is 1. The minimum atomic E-state index is -0.979. The maximum atomic E-state index is 11.6. The molecule has 0 amide bonds. The van der Waals surface area contributed by atoms with Crippen molar-refractivity contribution in [3.63, 3.8) is 0 Å². The van der Waals surface area contributed by atoms with Crippen molar-refractivity contribution in [1.29, 1.82) is 0 Å². The Morgan fingerprint density at radius 1 is 1.55 bits per heavy atom. The second kappa shape index (κ2) is 5.85. The number of esters is 1. The molecule has 1 heterocycles. The molecular formula is C14H19N3O2S. The number of nitrogens with two attached hydrogens (primary N) is 1. The molecule has 1 aromatic heterocycles. The first kappa shape index (κ1) is 14.9. The molecule has 2 aromatic rings. The predicted octanol–water partition coefficient (Wildman–Crippen LogP) is 2.32. The number of para-hydroxylation sites is 2. The number of nitrogens with one attached hydrogen (secondary N) is 1. The van der Waals surface area contributed by atoms with E-state index in [0.717, 1.165) is 16.2 Å². The summed E-state index contributed by atoms with van der Waals surface area (Å²) in [7, 11) is 1.35. The van der Waals surface area contributed by atoms with Crippen LogP contribution < -0.4 is 5.73 Å². The van der Waals surface area contributed by atoms with Crippen molar-refractivity contribution in [2.24, 2.45) is 5.73 Å². The van der Waals surface area contributed by atoms with Crippen molar-refractivity contribution in [2.45, 2.75) is 36.2 Å². The minimum Gasteiger partial charge on any atom is -0.468 e. The minimum absolute atomic E-state index is 0.143. The van der Waals surface area contributed by atoms with Crippen LogP contribution in [0.4, 0.5) is 0 Å². The van der Waals surface area contributed by atoms with Crippen molar-refractivity contribution in [1.82, 2.24) is 9.97 Å². The molecule has 6 heteroatoms. The average Bonchev–Trinajstić information content (AvgIpc) is 2.78. The number of aromatic nitrogens is 2. The van der Waals surface area contributed by atoms with Gasteiger partial charge in [-0.15, -0.1) is 0 Å². The first-order valence-corrected chi connectivity index (χ1v) is 7.29. The lowest BCUT2D eigenvalue weighted by Crippen LogP contribution is -2.47. The second-order valence-electron chi connectivity index (χ2n) is 5.10. The van der Waals surface area contributed by atoms with Gasteiger partial charge in [0.2, 0.25) is 0 Å². The van der Waals surface area contributed by atoms with Gasteiger partial charge in [0.1, 0.15) is 5.54 Å². The van der Waals surface area contributed by atoms with Crippen LogP contribution in [-0.2, 0) is 9.53 Å². The van der Waals surface area contributed by atoms with E-state index in [1.807, 2.05) is 31.2 Å². The van der Waals surface area contributed by atoms with Crippen molar-refractivity contribution < 1.29 is 9.53 Å². The predicted molar refractivity (Wildman–Crippen MR) is 80.6 cm³/mol. The first-order valence-electron chi connectivity index (χ1n) is 6.41. The molecule has 0 saturated carbocycles. The number of hydrogen-bond acceptors (Lipinski definition) is 5. The van der Waals surface area contributed by atoms with E-state index in [0.29, 0.717) is 6.42 Å². The van der Waals surface area contributed by atoms with E-state index in [1.54, 1.807) is 18.7 Å². The Bertz CT molecular complexity index is 576. The van der Waals surface area contributed by atoms with E-state index in [1.165, 1.54) is 7.11 Å². The molecule has 0 radical (unpaired) electrons.